The Morgan fingerprint density at radius 3 is 2.17 bits per heavy atom. The minimum absolute atomic E-state index is 0.0796. The molecule has 2 aromatic rings. The predicted octanol–water partition coefficient (Wildman–Crippen LogP) is 6.68. The second-order valence-electron chi connectivity index (χ2n) is 12.9. The van der Waals surface area contributed by atoms with E-state index in [0.717, 1.165) is 5.56 Å². The fourth-order valence-corrected chi connectivity index (χ4v) is 5.40. The van der Waals surface area contributed by atoms with Crippen LogP contribution in [-0.2, 0) is 15.7 Å². The van der Waals surface area contributed by atoms with Crippen molar-refractivity contribution in [1.29, 1.82) is 0 Å². The largest absolute Gasteiger partial charge is 0.628 e. The number of benzene rings is 2. The van der Waals surface area contributed by atoms with Gasteiger partial charge in [-0.1, -0.05) is 51.1 Å². The van der Waals surface area contributed by atoms with Gasteiger partial charge in [0, 0.05) is 38.8 Å². The highest BCUT2D eigenvalue weighted by molar-refractivity contribution is 6.74. The molecule has 0 aliphatic carbocycles. The summed E-state index contributed by atoms with van der Waals surface area (Å²) >= 11 is 0. The van der Waals surface area contributed by atoms with Crippen molar-refractivity contribution >= 4 is 25.8 Å². The molecule has 2 aromatic carbocycles. The first-order valence-electron chi connectivity index (χ1n) is 13.7. The average Bonchev–Trinajstić information content (AvgIpc) is 2.81. The maximum atomic E-state index is 15.2. The molecule has 10 heteroatoms. The molecular formula is C30H47FN3O5Si-. The van der Waals surface area contributed by atoms with Crippen molar-refractivity contribution in [3.05, 3.63) is 69.8 Å². The van der Waals surface area contributed by atoms with Gasteiger partial charge in [0.05, 0.1) is 6.10 Å². The molecule has 1 unspecified atom stereocenters. The predicted molar refractivity (Wildman–Crippen MR) is 161 cm³/mol. The van der Waals surface area contributed by atoms with E-state index in [0.29, 0.717) is 25.9 Å². The summed E-state index contributed by atoms with van der Waals surface area (Å²) in [6, 6.07) is 12.0. The van der Waals surface area contributed by atoms with E-state index in [4.69, 9.17) is 9.16 Å². The molecule has 0 fully saturated rings. The Morgan fingerprint density at radius 2 is 1.65 bits per heavy atom. The molecule has 0 aliphatic rings. The number of rotatable bonds is 11. The van der Waals surface area contributed by atoms with Gasteiger partial charge in [-0.25, -0.2) is 9.18 Å². The number of carbonyl (C=O) groups excluding carboxylic acids is 1. The summed E-state index contributed by atoms with van der Waals surface area (Å²) in [6.45, 7) is 16.6. The third-order valence-corrected chi connectivity index (χ3v) is 11.7. The molecule has 0 saturated carbocycles. The van der Waals surface area contributed by atoms with Crippen LogP contribution >= 0.6 is 0 Å². The van der Waals surface area contributed by atoms with Gasteiger partial charge in [0.2, 0.25) is 0 Å². The molecule has 0 spiro atoms. The molecule has 40 heavy (non-hydrogen) atoms. The maximum absolute atomic E-state index is 15.2. The van der Waals surface area contributed by atoms with E-state index in [1.807, 2.05) is 30.3 Å². The van der Waals surface area contributed by atoms with Crippen LogP contribution in [0.3, 0.4) is 0 Å². The molecular weight excluding hydrogens is 529 g/mol. The third-order valence-electron chi connectivity index (χ3n) is 7.25. The first kappa shape index (κ1) is 33.7. The topological polar surface area (TPSA) is 92.6 Å². The fourth-order valence-electron chi connectivity index (χ4n) is 4.09. The van der Waals surface area contributed by atoms with Gasteiger partial charge in [-0.15, -0.1) is 0 Å². The molecule has 1 amide bonds. The van der Waals surface area contributed by atoms with E-state index in [9.17, 15) is 15.2 Å². The number of hydrogen-bond acceptors (Lipinski definition) is 6. The molecule has 0 saturated heterocycles. The highest BCUT2D eigenvalue weighted by Crippen LogP contribution is 2.43. The van der Waals surface area contributed by atoms with Crippen LogP contribution < -0.4 is 10.1 Å². The number of amides is 1. The quantitative estimate of drug-likeness (QED) is 0.237. The summed E-state index contributed by atoms with van der Waals surface area (Å²) in [7, 11) is 0.973. The summed E-state index contributed by atoms with van der Waals surface area (Å²) < 4.78 is 27.3. The van der Waals surface area contributed by atoms with E-state index in [1.165, 1.54) is 17.0 Å². The van der Waals surface area contributed by atoms with Crippen LogP contribution in [0.15, 0.2) is 42.5 Å². The molecule has 0 bridgehead atoms. The highest BCUT2D eigenvalue weighted by Gasteiger charge is 2.40. The zero-order valence-corrected chi connectivity index (χ0v) is 26.8. The van der Waals surface area contributed by atoms with Crippen LogP contribution in [0.1, 0.15) is 71.6 Å². The monoisotopic (exact) mass is 576 g/mol. The van der Waals surface area contributed by atoms with Gasteiger partial charge in [-0.05, 0) is 63.4 Å². The van der Waals surface area contributed by atoms with E-state index in [2.05, 4.69) is 33.9 Å². The Balaban J connectivity index is 2.47. The smallest absolute Gasteiger partial charge is 0.410 e. The second kappa shape index (κ2) is 13.4. The Morgan fingerprint density at radius 1 is 1.05 bits per heavy atom. The molecule has 0 heterocycles. The summed E-state index contributed by atoms with van der Waals surface area (Å²) in [4.78, 5) is 15.7. The maximum Gasteiger partial charge on any atom is 0.410 e. The first-order valence-corrected chi connectivity index (χ1v) is 16.6. The Hall–Kier alpha value is -2.50. The SMILES string of the molecule is CN(CCCC(O[Si](C)(C)C(C)(C)C)c1cc(F)cc(N(C)Cc2ccccc2)c1[NH+]([O-])[O-])C(=O)OC(C)(C)C. The van der Waals surface area contributed by atoms with E-state index in [1.54, 1.807) is 39.8 Å². The lowest BCUT2D eigenvalue weighted by Gasteiger charge is -2.41. The number of nitrogens with zero attached hydrogens (tertiary/aromatic N) is 2. The Kier molecular flexibility index (Phi) is 11.3. The van der Waals surface area contributed by atoms with Crippen LogP contribution in [0.25, 0.3) is 0 Å². The summed E-state index contributed by atoms with van der Waals surface area (Å²) in [6.07, 6.45) is -0.279. The summed E-state index contributed by atoms with van der Waals surface area (Å²) in [5.41, 5.74) is 0.739. The lowest BCUT2D eigenvalue weighted by atomic mass is 10.0. The standard InChI is InChI=1S/C30H47FN3O5Si/c1-29(2,3)38-28(35)32(7)18-14-17-26(39-40(9,10)30(4,5)6)24-19-23(31)20-25(27(24)34(36)37)33(8)21-22-15-12-11-13-16-22/h11-13,15-16,19-20,26,34H,14,17-18,21H2,1-10H3/q-1. The molecule has 0 aliphatic heterocycles. The first-order chi connectivity index (χ1) is 18.3. The van der Waals surface area contributed by atoms with Gasteiger partial charge in [-0.2, -0.15) is 0 Å². The summed E-state index contributed by atoms with van der Waals surface area (Å²) in [5, 5.41) is 23.7. The molecule has 0 aromatic heterocycles. The van der Waals surface area contributed by atoms with Crippen molar-refractivity contribution in [3.8, 4) is 0 Å². The Bertz CT molecular complexity index is 1120. The van der Waals surface area contributed by atoms with Crippen molar-refractivity contribution in [3.63, 3.8) is 0 Å². The van der Waals surface area contributed by atoms with Crippen molar-refractivity contribution < 1.29 is 23.6 Å². The molecule has 8 nitrogen and oxygen atoms in total. The number of carbonyl (C=O) groups is 1. The van der Waals surface area contributed by atoms with Gasteiger partial charge in [0.1, 0.15) is 17.1 Å². The lowest BCUT2D eigenvalue weighted by Crippen LogP contribution is -2.96. The zero-order valence-electron chi connectivity index (χ0n) is 25.8. The zero-order chi connectivity index (χ0) is 30.5. The van der Waals surface area contributed by atoms with Crippen LogP contribution in [0.4, 0.5) is 20.6 Å². The van der Waals surface area contributed by atoms with Crippen molar-refractivity contribution in [2.45, 2.75) is 90.8 Å². The number of quaternary nitrogens is 1. The van der Waals surface area contributed by atoms with Gasteiger partial charge in [-0.3, -0.25) is 0 Å². The van der Waals surface area contributed by atoms with Gasteiger partial charge in [0.15, 0.2) is 14.0 Å². The molecule has 0 radical (unpaired) electrons. The number of anilines is 1. The number of nitrogens with one attached hydrogen (secondary N) is 1. The van der Waals surface area contributed by atoms with Gasteiger partial charge >= 0.3 is 6.09 Å². The fraction of sp³-hybridized carbons (Fsp3) is 0.567. The lowest BCUT2D eigenvalue weighted by molar-refractivity contribution is -0.715. The van der Waals surface area contributed by atoms with Crippen molar-refractivity contribution in [2.75, 3.05) is 25.5 Å². The van der Waals surface area contributed by atoms with E-state index >= 15 is 4.39 Å². The highest BCUT2D eigenvalue weighted by atomic mass is 28.4. The minimum atomic E-state index is -2.42. The summed E-state index contributed by atoms with van der Waals surface area (Å²) in [5.74, 6) is -0.551. The second-order valence-corrected chi connectivity index (χ2v) is 17.7. The molecule has 1 atom stereocenters. The van der Waals surface area contributed by atoms with Crippen LogP contribution in [0.5, 0.6) is 0 Å². The van der Waals surface area contributed by atoms with E-state index in [-0.39, 0.29) is 22.0 Å². The average molecular weight is 577 g/mol. The van der Waals surface area contributed by atoms with E-state index < -0.39 is 37.2 Å². The third kappa shape index (κ3) is 9.55. The normalized spacial score (nSPS) is 13.3. The number of halogens is 1. The molecule has 224 valence electrons. The Labute approximate surface area is 240 Å². The van der Waals surface area contributed by atoms with Crippen LogP contribution in [0.2, 0.25) is 18.1 Å². The van der Waals surface area contributed by atoms with Gasteiger partial charge in [0.25, 0.3) is 0 Å². The molecule has 1 N–H and O–H groups in total. The van der Waals surface area contributed by atoms with Gasteiger partial charge < -0.3 is 34.6 Å². The molecule has 2 rings (SSSR count). The van der Waals surface area contributed by atoms with Crippen molar-refractivity contribution in [1.82, 2.24) is 4.90 Å². The van der Waals surface area contributed by atoms with Crippen molar-refractivity contribution in [2.24, 2.45) is 0 Å². The number of hydrogen-bond donors (Lipinski definition) is 1. The number of ether oxygens (including phenoxy) is 1. The van der Waals surface area contributed by atoms with Crippen LogP contribution in [-0.4, -0.2) is 45.6 Å². The van der Waals surface area contributed by atoms with Crippen LogP contribution in [0, 0.1) is 16.2 Å². The minimum Gasteiger partial charge on any atom is -0.628 e.